The molecule has 1 unspecified atom stereocenters. The molecule has 1 aromatic heterocycles. The molecule has 0 aliphatic carbocycles. The van der Waals surface area contributed by atoms with Crippen molar-refractivity contribution in [3.63, 3.8) is 0 Å². The summed E-state index contributed by atoms with van der Waals surface area (Å²) in [7, 11) is 1.86. The van der Waals surface area contributed by atoms with Gasteiger partial charge in [0.1, 0.15) is 5.01 Å². The van der Waals surface area contributed by atoms with E-state index in [1.165, 1.54) is 12.8 Å². The monoisotopic (exact) mass is 408 g/mol. The number of thiazole rings is 1. The molecule has 4 nitrogen and oxygen atoms in total. The standard InChI is InChI=1S/C14H24N4S.HI/c1-11(2)8-12-4-6-18(10-12)14(15-3)17-9-13-16-5-7-19-13;/h5,7,11-12H,4,6,8-10H2,1-3H3,(H,15,17);1H. The molecule has 1 saturated heterocycles. The molecule has 2 heterocycles. The third-order valence-electron chi connectivity index (χ3n) is 3.48. The van der Waals surface area contributed by atoms with E-state index < -0.39 is 0 Å². The summed E-state index contributed by atoms with van der Waals surface area (Å²) in [6, 6.07) is 0. The summed E-state index contributed by atoms with van der Waals surface area (Å²) in [6.45, 7) is 7.64. The van der Waals surface area contributed by atoms with Crippen LogP contribution in [0.3, 0.4) is 0 Å². The Kier molecular flexibility index (Phi) is 7.79. The smallest absolute Gasteiger partial charge is 0.194 e. The minimum absolute atomic E-state index is 0. The molecule has 114 valence electrons. The highest BCUT2D eigenvalue weighted by atomic mass is 127. The zero-order chi connectivity index (χ0) is 13.7. The van der Waals surface area contributed by atoms with Crippen LogP contribution in [0, 0.1) is 11.8 Å². The van der Waals surface area contributed by atoms with Gasteiger partial charge in [0, 0.05) is 31.7 Å². The molecule has 1 N–H and O–H groups in total. The fourth-order valence-electron chi connectivity index (χ4n) is 2.71. The third-order valence-corrected chi connectivity index (χ3v) is 4.26. The van der Waals surface area contributed by atoms with Crippen molar-refractivity contribution in [1.29, 1.82) is 0 Å². The number of hydrogen-bond acceptors (Lipinski definition) is 3. The second-order valence-corrected chi connectivity index (χ2v) is 6.54. The Labute approximate surface area is 143 Å². The SMILES string of the molecule is CN=C(NCc1nccs1)N1CCC(CC(C)C)C1.I. The zero-order valence-corrected chi connectivity index (χ0v) is 15.6. The number of hydrogen-bond donors (Lipinski definition) is 1. The fraction of sp³-hybridized carbons (Fsp3) is 0.714. The maximum Gasteiger partial charge on any atom is 0.194 e. The van der Waals surface area contributed by atoms with Crippen molar-refractivity contribution in [2.45, 2.75) is 33.2 Å². The van der Waals surface area contributed by atoms with Crippen LogP contribution in [0.4, 0.5) is 0 Å². The van der Waals surface area contributed by atoms with E-state index in [-0.39, 0.29) is 24.0 Å². The molecular weight excluding hydrogens is 383 g/mol. The molecule has 6 heteroatoms. The molecule has 1 atom stereocenters. The number of guanidine groups is 1. The highest BCUT2D eigenvalue weighted by Gasteiger charge is 2.25. The molecule has 0 bridgehead atoms. The van der Waals surface area contributed by atoms with Crippen molar-refractivity contribution in [2.24, 2.45) is 16.8 Å². The number of nitrogens with one attached hydrogen (secondary N) is 1. The molecule has 1 aromatic rings. The van der Waals surface area contributed by atoms with Crippen LogP contribution in [-0.4, -0.2) is 36.0 Å². The van der Waals surface area contributed by atoms with Crippen molar-refractivity contribution >= 4 is 41.3 Å². The highest BCUT2D eigenvalue weighted by Crippen LogP contribution is 2.23. The van der Waals surface area contributed by atoms with Gasteiger partial charge >= 0.3 is 0 Å². The topological polar surface area (TPSA) is 40.5 Å². The van der Waals surface area contributed by atoms with E-state index in [2.05, 4.69) is 34.0 Å². The minimum Gasteiger partial charge on any atom is -0.350 e. The summed E-state index contributed by atoms with van der Waals surface area (Å²) in [6.07, 6.45) is 4.45. The highest BCUT2D eigenvalue weighted by molar-refractivity contribution is 14.0. The van der Waals surface area contributed by atoms with Gasteiger partial charge in [-0.1, -0.05) is 13.8 Å². The normalized spacial score (nSPS) is 19.3. The lowest BCUT2D eigenvalue weighted by molar-refractivity contribution is 0.403. The number of aromatic nitrogens is 1. The summed E-state index contributed by atoms with van der Waals surface area (Å²) in [5, 5.41) is 6.53. The lowest BCUT2D eigenvalue weighted by Gasteiger charge is -2.21. The summed E-state index contributed by atoms with van der Waals surface area (Å²) in [4.78, 5) is 11.1. The van der Waals surface area contributed by atoms with Crippen LogP contribution in [0.5, 0.6) is 0 Å². The van der Waals surface area contributed by atoms with Gasteiger partial charge in [-0.2, -0.15) is 0 Å². The first-order chi connectivity index (χ1) is 9.19. The number of halogens is 1. The molecule has 0 aromatic carbocycles. The molecule has 0 saturated carbocycles. The van der Waals surface area contributed by atoms with Gasteiger partial charge in [0.25, 0.3) is 0 Å². The Balaban J connectivity index is 0.00000200. The van der Waals surface area contributed by atoms with Crippen molar-refractivity contribution in [1.82, 2.24) is 15.2 Å². The maximum absolute atomic E-state index is 4.39. The van der Waals surface area contributed by atoms with E-state index in [1.807, 2.05) is 18.6 Å². The van der Waals surface area contributed by atoms with Gasteiger partial charge in [-0.3, -0.25) is 4.99 Å². The Bertz CT molecular complexity index is 405. The van der Waals surface area contributed by atoms with Crippen LogP contribution in [0.15, 0.2) is 16.6 Å². The minimum atomic E-state index is 0. The van der Waals surface area contributed by atoms with Crippen LogP contribution < -0.4 is 5.32 Å². The summed E-state index contributed by atoms with van der Waals surface area (Å²) < 4.78 is 0. The average molecular weight is 408 g/mol. The van der Waals surface area contributed by atoms with Crippen LogP contribution in [0.1, 0.15) is 31.7 Å². The predicted molar refractivity (Wildman–Crippen MR) is 96.9 cm³/mol. The van der Waals surface area contributed by atoms with Gasteiger partial charge in [-0.05, 0) is 24.7 Å². The van der Waals surface area contributed by atoms with Gasteiger partial charge in [0.2, 0.25) is 0 Å². The maximum atomic E-state index is 4.39. The van der Waals surface area contributed by atoms with Gasteiger partial charge in [0.05, 0.1) is 6.54 Å². The quantitative estimate of drug-likeness (QED) is 0.473. The number of rotatable bonds is 4. The van der Waals surface area contributed by atoms with Crippen LogP contribution in [0.25, 0.3) is 0 Å². The van der Waals surface area contributed by atoms with E-state index in [0.717, 1.165) is 42.4 Å². The fourth-order valence-corrected chi connectivity index (χ4v) is 3.27. The largest absolute Gasteiger partial charge is 0.350 e. The molecule has 20 heavy (non-hydrogen) atoms. The molecule has 1 aliphatic rings. The van der Waals surface area contributed by atoms with Crippen molar-refractivity contribution in [2.75, 3.05) is 20.1 Å². The van der Waals surface area contributed by atoms with Crippen LogP contribution >= 0.6 is 35.3 Å². The second kappa shape index (κ2) is 8.81. The lowest BCUT2D eigenvalue weighted by atomic mass is 9.97. The molecule has 2 rings (SSSR count). The van der Waals surface area contributed by atoms with Crippen molar-refractivity contribution in [3.05, 3.63) is 16.6 Å². The van der Waals surface area contributed by atoms with E-state index in [0.29, 0.717) is 0 Å². The predicted octanol–water partition coefficient (Wildman–Crippen LogP) is 3.20. The van der Waals surface area contributed by atoms with Gasteiger partial charge in [-0.15, -0.1) is 35.3 Å². The van der Waals surface area contributed by atoms with E-state index in [4.69, 9.17) is 0 Å². The Morgan fingerprint density at radius 3 is 3.00 bits per heavy atom. The summed E-state index contributed by atoms with van der Waals surface area (Å²) in [5.74, 6) is 2.62. The number of likely N-dealkylation sites (tertiary alicyclic amines) is 1. The average Bonchev–Trinajstić information content (AvgIpc) is 3.01. The molecule has 0 amide bonds. The Hall–Kier alpha value is -0.370. The van der Waals surface area contributed by atoms with E-state index in [1.54, 1.807) is 11.3 Å². The molecule has 1 fully saturated rings. The van der Waals surface area contributed by atoms with Crippen molar-refractivity contribution in [3.8, 4) is 0 Å². The van der Waals surface area contributed by atoms with Crippen LogP contribution in [-0.2, 0) is 6.54 Å². The first-order valence-corrected chi connectivity index (χ1v) is 7.91. The Morgan fingerprint density at radius 1 is 1.60 bits per heavy atom. The van der Waals surface area contributed by atoms with E-state index >= 15 is 0 Å². The van der Waals surface area contributed by atoms with Gasteiger partial charge < -0.3 is 10.2 Å². The second-order valence-electron chi connectivity index (χ2n) is 5.56. The molecule has 0 radical (unpaired) electrons. The first kappa shape index (κ1) is 17.7. The molecular formula is C14H25IN4S. The first-order valence-electron chi connectivity index (χ1n) is 7.03. The van der Waals surface area contributed by atoms with E-state index in [9.17, 15) is 0 Å². The summed E-state index contributed by atoms with van der Waals surface area (Å²) in [5.41, 5.74) is 0. The van der Waals surface area contributed by atoms with Crippen molar-refractivity contribution < 1.29 is 0 Å². The third kappa shape index (κ3) is 5.20. The molecule has 1 aliphatic heterocycles. The molecule has 0 spiro atoms. The lowest BCUT2D eigenvalue weighted by Crippen LogP contribution is -2.39. The summed E-state index contributed by atoms with van der Waals surface area (Å²) >= 11 is 1.68. The van der Waals surface area contributed by atoms with Crippen LogP contribution in [0.2, 0.25) is 0 Å². The van der Waals surface area contributed by atoms with Gasteiger partial charge in [-0.25, -0.2) is 4.98 Å². The zero-order valence-electron chi connectivity index (χ0n) is 12.5. The number of aliphatic imine (C=N–C) groups is 1. The van der Waals surface area contributed by atoms with Gasteiger partial charge in [0.15, 0.2) is 5.96 Å². The Morgan fingerprint density at radius 2 is 2.40 bits per heavy atom. The number of nitrogens with zero attached hydrogens (tertiary/aromatic N) is 3.